The van der Waals surface area contributed by atoms with Crippen molar-refractivity contribution in [3.8, 4) is 0 Å². The molecule has 0 saturated heterocycles. The second-order valence-electron chi connectivity index (χ2n) is 13.4. The maximum Gasteiger partial charge on any atom is 0.473 e. The highest BCUT2D eigenvalue weighted by atomic mass is 31.2. The van der Waals surface area contributed by atoms with E-state index >= 15 is 0 Å². The molecule has 312 valence electrons. The molecule has 10 heteroatoms. The molecule has 55 heavy (non-hydrogen) atoms. The van der Waals surface area contributed by atoms with Gasteiger partial charge in [0.05, 0.1) is 13.2 Å². The van der Waals surface area contributed by atoms with Gasteiger partial charge in [0.25, 0.3) is 0 Å². The van der Waals surface area contributed by atoms with Crippen LogP contribution in [0.4, 0.5) is 0 Å². The summed E-state index contributed by atoms with van der Waals surface area (Å²) < 4.78 is 22.8. The fourth-order valence-electron chi connectivity index (χ4n) is 5.45. The Bertz CT molecular complexity index is 1190. The van der Waals surface area contributed by atoms with Gasteiger partial charge in [0.2, 0.25) is 5.60 Å². The first kappa shape index (κ1) is 52.2. The number of carbonyl (C=O) groups excluding carboxylic acids is 2. The lowest BCUT2D eigenvalue weighted by molar-refractivity contribution is -0.164. The van der Waals surface area contributed by atoms with Crippen molar-refractivity contribution in [2.75, 3.05) is 19.8 Å². The van der Waals surface area contributed by atoms with E-state index in [1.165, 1.54) is 38.5 Å². The van der Waals surface area contributed by atoms with Gasteiger partial charge in [0.1, 0.15) is 6.10 Å². The minimum Gasteiger partial charge on any atom is -0.394 e. The molecule has 5 N–H and O–H groups in total. The average molecular weight is 788 g/mol. The summed E-state index contributed by atoms with van der Waals surface area (Å²) in [6.45, 7) is 2.88. The number of aliphatic hydroxyl groups is 2. The van der Waals surface area contributed by atoms with E-state index < -0.39 is 37.7 Å². The quantitative estimate of drug-likeness (QED) is 0.0208. The molecule has 0 amide bonds. The van der Waals surface area contributed by atoms with Crippen LogP contribution in [0.25, 0.3) is 0 Å². The van der Waals surface area contributed by atoms with Crippen molar-refractivity contribution in [1.29, 1.82) is 0 Å². The molecule has 0 aliphatic heterocycles. The third-order valence-corrected chi connectivity index (χ3v) is 9.59. The fraction of sp³-hybridized carbons (Fsp3) is 0.600. The van der Waals surface area contributed by atoms with E-state index in [4.69, 9.17) is 14.8 Å². The Hall–Kier alpha value is -2.75. The third kappa shape index (κ3) is 28.3. The first-order valence-electron chi connectivity index (χ1n) is 20.6. The Morgan fingerprint density at radius 3 is 1.24 bits per heavy atom. The molecule has 0 aromatic rings. The highest BCUT2D eigenvalue weighted by Gasteiger charge is 2.55. The van der Waals surface area contributed by atoms with Crippen LogP contribution >= 0.6 is 7.82 Å². The SMILES string of the molecule is CCCCC/C=C\C/C=C\C/C=C\C/C=C\CCCC(=O)C(OP(=O)(O)OCCN)(C(=O)CCC/C=C\C/C=C\C/C=C\C/C=C\CCCCC)[C@@H](O)CO. The standard InChI is InChI=1S/C45H74NO8P/c1-3-5-7-9-11-13-15-17-19-21-23-25-27-29-31-33-35-37-42(48)45(44(50)41-47,54-55(51,52)53-40-39-46)43(49)38-36-34-32-30-28-26-24-22-20-18-16-14-12-10-8-6-4-2/h11-14,17-20,23-26,29-32,44,47,50H,3-10,15-16,21-22,27-28,33-41,46H2,1-2H3,(H,51,52)/b13-11-,14-12-,19-17-,20-18-,25-23-,26-24-,31-29-,32-30-/t44-/m0/s1. The lowest BCUT2D eigenvalue weighted by Gasteiger charge is -2.35. The number of carbonyl (C=O) groups is 2. The van der Waals surface area contributed by atoms with E-state index in [2.05, 4.69) is 86.8 Å². The number of rotatable bonds is 37. The van der Waals surface area contributed by atoms with Crippen molar-refractivity contribution in [2.24, 2.45) is 5.73 Å². The summed E-state index contributed by atoms with van der Waals surface area (Å²) >= 11 is 0. The Balaban J connectivity index is 5.03. The molecule has 0 fully saturated rings. The molecule has 0 rings (SSSR count). The summed E-state index contributed by atoms with van der Waals surface area (Å²) in [4.78, 5) is 37.6. The number of nitrogens with two attached hydrogens (primary N) is 1. The smallest absolute Gasteiger partial charge is 0.394 e. The minimum absolute atomic E-state index is 0.116. The van der Waals surface area contributed by atoms with Crippen molar-refractivity contribution in [2.45, 2.75) is 154 Å². The van der Waals surface area contributed by atoms with Gasteiger partial charge in [0.15, 0.2) is 11.6 Å². The molecule has 2 atom stereocenters. The maximum absolute atomic E-state index is 13.6. The zero-order valence-corrected chi connectivity index (χ0v) is 34.9. The van der Waals surface area contributed by atoms with Crippen LogP contribution in [0.3, 0.4) is 0 Å². The van der Waals surface area contributed by atoms with Crippen molar-refractivity contribution < 1.29 is 38.3 Å². The van der Waals surface area contributed by atoms with E-state index in [0.29, 0.717) is 25.7 Å². The molecule has 0 radical (unpaired) electrons. The van der Waals surface area contributed by atoms with Crippen molar-refractivity contribution in [1.82, 2.24) is 0 Å². The summed E-state index contributed by atoms with van der Waals surface area (Å²) in [5.41, 5.74) is 2.63. The van der Waals surface area contributed by atoms with E-state index in [-0.39, 0.29) is 26.0 Å². The Morgan fingerprint density at radius 2 is 0.927 bits per heavy atom. The highest BCUT2D eigenvalue weighted by molar-refractivity contribution is 7.47. The number of phosphoric ester groups is 1. The Labute approximate surface area is 333 Å². The highest BCUT2D eigenvalue weighted by Crippen LogP contribution is 2.49. The van der Waals surface area contributed by atoms with Crippen molar-refractivity contribution in [3.63, 3.8) is 0 Å². The second kappa shape index (κ2) is 36.9. The molecule has 0 spiro atoms. The van der Waals surface area contributed by atoms with Crippen molar-refractivity contribution in [3.05, 3.63) is 97.2 Å². The summed E-state index contributed by atoms with van der Waals surface area (Å²) in [5.74, 6) is -1.78. The van der Waals surface area contributed by atoms with Crippen LogP contribution < -0.4 is 5.73 Å². The van der Waals surface area contributed by atoms with E-state index in [9.17, 15) is 29.3 Å². The monoisotopic (exact) mass is 788 g/mol. The zero-order chi connectivity index (χ0) is 40.7. The molecule has 0 aromatic carbocycles. The first-order valence-corrected chi connectivity index (χ1v) is 22.1. The number of unbranched alkanes of at least 4 members (excludes halogenated alkanes) is 8. The third-order valence-electron chi connectivity index (χ3n) is 8.57. The minimum atomic E-state index is -5.01. The van der Waals surface area contributed by atoms with E-state index in [1.807, 2.05) is 24.3 Å². The Morgan fingerprint density at radius 1 is 0.600 bits per heavy atom. The van der Waals surface area contributed by atoms with Gasteiger partial charge in [-0.2, -0.15) is 0 Å². The summed E-state index contributed by atoms with van der Waals surface area (Å²) in [6.07, 6.45) is 47.4. The van der Waals surface area contributed by atoms with Gasteiger partial charge in [0, 0.05) is 19.4 Å². The molecule has 0 saturated carbocycles. The predicted molar refractivity (Wildman–Crippen MR) is 229 cm³/mol. The van der Waals surface area contributed by atoms with Gasteiger partial charge < -0.3 is 20.8 Å². The van der Waals surface area contributed by atoms with Gasteiger partial charge in [-0.05, 0) is 89.9 Å². The molecule has 9 nitrogen and oxygen atoms in total. The molecule has 1 unspecified atom stereocenters. The van der Waals surface area contributed by atoms with Gasteiger partial charge >= 0.3 is 7.82 Å². The van der Waals surface area contributed by atoms with Crippen LogP contribution in [-0.4, -0.2) is 58.1 Å². The van der Waals surface area contributed by atoms with Gasteiger partial charge in [-0.1, -0.05) is 137 Å². The number of aliphatic hydroxyl groups excluding tert-OH is 2. The molecular formula is C45H74NO8P. The number of ketones is 2. The number of hydrogen-bond donors (Lipinski definition) is 4. The number of Topliss-reactive ketones (excluding diaryl/α,β-unsaturated/α-hetero) is 2. The van der Waals surface area contributed by atoms with Gasteiger partial charge in [-0.3, -0.25) is 18.6 Å². The van der Waals surface area contributed by atoms with E-state index in [1.54, 1.807) is 0 Å². The second-order valence-corrected chi connectivity index (χ2v) is 14.8. The Kier molecular flexibility index (Phi) is 35.0. The van der Waals surface area contributed by atoms with Crippen LogP contribution in [0, 0.1) is 0 Å². The molecule has 0 aliphatic carbocycles. The summed E-state index contributed by atoms with van der Waals surface area (Å²) in [5, 5.41) is 20.7. The molecule has 0 bridgehead atoms. The molecular weight excluding hydrogens is 713 g/mol. The van der Waals surface area contributed by atoms with E-state index in [0.717, 1.165) is 51.4 Å². The predicted octanol–water partition coefficient (Wildman–Crippen LogP) is 10.6. The van der Waals surface area contributed by atoms with Crippen molar-refractivity contribution >= 4 is 19.4 Å². The number of hydrogen-bond acceptors (Lipinski definition) is 8. The lowest BCUT2D eigenvalue weighted by atomic mass is 9.83. The van der Waals surface area contributed by atoms with Gasteiger partial charge in [-0.25, -0.2) is 4.57 Å². The number of phosphoric acid groups is 1. The largest absolute Gasteiger partial charge is 0.473 e. The summed E-state index contributed by atoms with van der Waals surface area (Å²) in [6, 6.07) is 0. The van der Waals surface area contributed by atoms with Crippen LogP contribution in [0.1, 0.15) is 142 Å². The normalized spacial score (nSPS) is 14.8. The molecule has 0 heterocycles. The molecule has 0 aromatic heterocycles. The average Bonchev–Trinajstić information content (AvgIpc) is 3.18. The summed E-state index contributed by atoms with van der Waals surface area (Å²) in [7, 11) is -5.01. The van der Waals surface area contributed by atoms with Gasteiger partial charge in [-0.15, -0.1) is 0 Å². The first-order chi connectivity index (χ1) is 26.7. The lowest BCUT2D eigenvalue weighted by Crippen LogP contribution is -2.58. The molecule has 0 aliphatic rings. The fourth-order valence-corrected chi connectivity index (χ4v) is 6.53. The topological polar surface area (TPSA) is 156 Å². The van der Waals surface area contributed by atoms with Crippen LogP contribution in [0.5, 0.6) is 0 Å². The maximum atomic E-state index is 13.6. The van der Waals surface area contributed by atoms with Crippen LogP contribution in [-0.2, 0) is 23.2 Å². The van der Waals surface area contributed by atoms with Crippen LogP contribution in [0.15, 0.2) is 97.2 Å². The zero-order valence-electron chi connectivity index (χ0n) is 34.0. The number of allylic oxidation sites excluding steroid dienone is 16. The van der Waals surface area contributed by atoms with Crippen LogP contribution in [0.2, 0.25) is 0 Å².